The first kappa shape index (κ1) is 10.9. The van der Waals surface area contributed by atoms with E-state index in [1.165, 1.54) is 12.1 Å². The fraction of sp³-hybridized carbons (Fsp3) is 0.455. The smallest absolute Gasteiger partial charge is 0.126 e. The number of halogens is 2. The Labute approximate surface area is 92.3 Å². The fourth-order valence-electron chi connectivity index (χ4n) is 1.77. The van der Waals surface area contributed by atoms with Gasteiger partial charge in [-0.25, -0.2) is 8.78 Å². The van der Waals surface area contributed by atoms with Crippen molar-refractivity contribution in [1.82, 2.24) is 5.32 Å². The van der Waals surface area contributed by atoms with Crippen molar-refractivity contribution in [3.63, 3.8) is 0 Å². The van der Waals surface area contributed by atoms with Gasteiger partial charge in [-0.2, -0.15) is 11.8 Å². The SMILES string of the molecule is CC1CSCC(c2cc(F)cc(F)c2)N1. The molecule has 1 aliphatic heterocycles. The molecule has 1 nitrogen and oxygen atoms in total. The van der Waals surface area contributed by atoms with Crippen LogP contribution in [0.2, 0.25) is 0 Å². The Bertz CT molecular complexity index is 336. The van der Waals surface area contributed by atoms with Crippen LogP contribution in [0.25, 0.3) is 0 Å². The van der Waals surface area contributed by atoms with E-state index in [9.17, 15) is 8.78 Å². The molecule has 1 heterocycles. The van der Waals surface area contributed by atoms with Crippen LogP contribution in [0.1, 0.15) is 18.5 Å². The topological polar surface area (TPSA) is 12.0 Å². The van der Waals surface area contributed by atoms with Crippen molar-refractivity contribution < 1.29 is 8.78 Å². The monoisotopic (exact) mass is 229 g/mol. The molecular weight excluding hydrogens is 216 g/mol. The van der Waals surface area contributed by atoms with Gasteiger partial charge in [-0.3, -0.25) is 0 Å². The first-order valence-corrected chi connectivity index (χ1v) is 6.10. The van der Waals surface area contributed by atoms with Gasteiger partial charge in [-0.05, 0) is 24.6 Å². The quantitative estimate of drug-likeness (QED) is 0.794. The summed E-state index contributed by atoms with van der Waals surface area (Å²) in [5.74, 6) is 0.909. The molecule has 0 saturated carbocycles. The molecule has 2 atom stereocenters. The van der Waals surface area contributed by atoms with Crippen LogP contribution in [0.15, 0.2) is 18.2 Å². The van der Waals surface area contributed by atoms with Crippen LogP contribution < -0.4 is 5.32 Å². The van der Waals surface area contributed by atoms with Crippen molar-refractivity contribution in [3.05, 3.63) is 35.4 Å². The highest BCUT2D eigenvalue weighted by molar-refractivity contribution is 7.99. The van der Waals surface area contributed by atoms with Gasteiger partial charge in [0, 0.05) is 29.7 Å². The van der Waals surface area contributed by atoms with E-state index < -0.39 is 11.6 Å². The van der Waals surface area contributed by atoms with Gasteiger partial charge < -0.3 is 5.32 Å². The molecule has 2 unspecified atom stereocenters. The summed E-state index contributed by atoms with van der Waals surface area (Å²) < 4.78 is 26.0. The van der Waals surface area contributed by atoms with Crippen molar-refractivity contribution in [2.75, 3.05) is 11.5 Å². The van der Waals surface area contributed by atoms with Crippen LogP contribution in [0.4, 0.5) is 8.78 Å². The Morgan fingerprint density at radius 1 is 1.20 bits per heavy atom. The van der Waals surface area contributed by atoms with Gasteiger partial charge in [0.15, 0.2) is 0 Å². The summed E-state index contributed by atoms with van der Waals surface area (Å²) in [6.45, 7) is 2.08. The number of hydrogen-bond acceptors (Lipinski definition) is 2. The Kier molecular flexibility index (Phi) is 3.26. The number of rotatable bonds is 1. The lowest BCUT2D eigenvalue weighted by molar-refractivity contribution is 0.494. The van der Waals surface area contributed by atoms with Crippen molar-refractivity contribution in [2.24, 2.45) is 0 Å². The summed E-state index contributed by atoms with van der Waals surface area (Å²) in [5.41, 5.74) is 0.701. The standard InChI is InChI=1S/C11H13F2NS/c1-7-5-15-6-11(14-7)8-2-9(12)4-10(13)3-8/h2-4,7,11,14H,5-6H2,1H3. The maximum Gasteiger partial charge on any atom is 0.126 e. The van der Waals surface area contributed by atoms with E-state index in [1.54, 1.807) is 0 Å². The predicted molar refractivity (Wildman–Crippen MR) is 59.0 cm³/mol. The van der Waals surface area contributed by atoms with E-state index in [2.05, 4.69) is 12.2 Å². The third-order valence-corrected chi connectivity index (χ3v) is 3.73. The van der Waals surface area contributed by atoms with E-state index in [-0.39, 0.29) is 6.04 Å². The van der Waals surface area contributed by atoms with Gasteiger partial charge in [0.2, 0.25) is 0 Å². The Hall–Kier alpha value is -0.610. The molecule has 0 aromatic heterocycles. The second-order valence-electron chi connectivity index (χ2n) is 3.86. The second-order valence-corrected chi connectivity index (χ2v) is 4.94. The Morgan fingerprint density at radius 2 is 1.87 bits per heavy atom. The van der Waals surface area contributed by atoms with E-state index >= 15 is 0 Å². The lowest BCUT2D eigenvalue weighted by Crippen LogP contribution is -2.37. The molecular formula is C11H13F2NS. The minimum Gasteiger partial charge on any atom is -0.306 e. The number of thioether (sulfide) groups is 1. The molecule has 0 radical (unpaired) electrons. The lowest BCUT2D eigenvalue weighted by Gasteiger charge is -2.28. The zero-order valence-corrected chi connectivity index (χ0v) is 9.28. The number of nitrogens with one attached hydrogen (secondary N) is 1. The van der Waals surface area contributed by atoms with Gasteiger partial charge in [0.1, 0.15) is 11.6 Å². The van der Waals surface area contributed by atoms with Crippen LogP contribution >= 0.6 is 11.8 Å². The van der Waals surface area contributed by atoms with E-state index in [0.717, 1.165) is 17.6 Å². The van der Waals surface area contributed by atoms with Crippen LogP contribution in [-0.2, 0) is 0 Å². The molecule has 0 amide bonds. The third kappa shape index (κ3) is 2.69. The summed E-state index contributed by atoms with van der Waals surface area (Å²) in [6.07, 6.45) is 0. The molecule has 0 aliphatic carbocycles. The molecule has 4 heteroatoms. The van der Waals surface area contributed by atoms with E-state index in [1.807, 2.05) is 11.8 Å². The van der Waals surface area contributed by atoms with Crippen molar-refractivity contribution >= 4 is 11.8 Å². The Morgan fingerprint density at radius 3 is 2.47 bits per heavy atom. The lowest BCUT2D eigenvalue weighted by atomic mass is 10.1. The summed E-state index contributed by atoms with van der Waals surface area (Å²) >= 11 is 1.81. The zero-order valence-electron chi connectivity index (χ0n) is 8.47. The van der Waals surface area contributed by atoms with Gasteiger partial charge >= 0.3 is 0 Å². The normalized spacial score (nSPS) is 26.6. The summed E-state index contributed by atoms with van der Waals surface area (Å²) in [5, 5.41) is 3.33. The van der Waals surface area contributed by atoms with Crippen LogP contribution in [0.3, 0.4) is 0 Å². The molecule has 1 aromatic carbocycles. The molecule has 1 N–H and O–H groups in total. The molecule has 1 aromatic rings. The van der Waals surface area contributed by atoms with Crippen molar-refractivity contribution in [1.29, 1.82) is 0 Å². The van der Waals surface area contributed by atoms with Crippen molar-refractivity contribution in [2.45, 2.75) is 19.0 Å². The van der Waals surface area contributed by atoms with E-state index in [4.69, 9.17) is 0 Å². The summed E-state index contributed by atoms with van der Waals surface area (Å²) in [6, 6.07) is 4.16. The van der Waals surface area contributed by atoms with Crippen LogP contribution in [0, 0.1) is 11.6 Å². The highest BCUT2D eigenvalue weighted by Gasteiger charge is 2.20. The molecule has 82 valence electrons. The molecule has 0 bridgehead atoms. The first-order chi connectivity index (χ1) is 7.15. The van der Waals surface area contributed by atoms with Gasteiger partial charge in [0.05, 0.1) is 0 Å². The average molecular weight is 229 g/mol. The van der Waals surface area contributed by atoms with Gasteiger partial charge in [-0.1, -0.05) is 0 Å². The first-order valence-electron chi connectivity index (χ1n) is 4.95. The number of benzene rings is 1. The maximum atomic E-state index is 13.0. The zero-order chi connectivity index (χ0) is 10.8. The fourth-order valence-corrected chi connectivity index (χ4v) is 2.88. The third-order valence-electron chi connectivity index (χ3n) is 2.43. The molecule has 15 heavy (non-hydrogen) atoms. The molecule has 0 spiro atoms. The van der Waals surface area contributed by atoms with Crippen molar-refractivity contribution in [3.8, 4) is 0 Å². The largest absolute Gasteiger partial charge is 0.306 e. The number of hydrogen-bond donors (Lipinski definition) is 1. The highest BCUT2D eigenvalue weighted by atomic mass is 32.2. The summed E-state index contributed by atoms with van der Waals surface area (Å²) in [7, 11) is 0. The average Bonchev–Trinajstić information content (AvgIpc) is 2.16. The van der Waals surface area contributed by atoms with E-state index in [0.29, 0.717) is 11.6 Å². The molecule has 1 saturated heterocycles. The molecule has 1 fully saturated rings. The maximum absolute atomic E-state index is 13.0. The predicted octanol–water partition coefficient (Wildman–Crippen LogP) is 2.73. The minimum absolute atomic E-state index is 0.0592. The van der Waals surface area contributed by atoms with Crippen LogP contribution in [0.5, 0.6) is 0 Å². The van der Waals surface area contributed by atoms with Gasteiger partial charge in [-0.15, -0.1) is 0 Å². The second kappa shape index (κ2) is 4.49. The Balaban J connectivity index is 2.20. The highest BCUT2D eigenvalue weighted by Crippen LogP contribution is 2.25. The minimum atomic E-state index is -0.505. The molecule has 2 rings (SSSR count). The van der Waals surface area contributed by atoms with Gasteiger partial charge in [0.25, 0.3) is 0 Å². The van der Waals surface area contributed by atoms with Crippen LogP contribution in [-0.4, -0.2) is 17.5 Å². The molecule has 1 aliphatic rings. The summed E-state index contributed by atoms with van der Waals surface area (Å²) in [4.78, 5) is 0.